The SMILES string of the molecule is COCCOC(=O)C1=C(C)NC(=O)NC1c1cc(OC)ccc1OC. The second-order valence-electron chi connectivity index (χ2n) is 5.31. The van der Waals surface area contributed by atoms with Crippen molar-refractivity contribution in [1.82, 2.24) is 10.6 Å². The molecule has 1 unspecified atom stereocenters. The van der Waals surface area contributed by atoms with Crippen LogP contribution in [0.2, 0.25) is 0 Å². The topological polar surface area (TPSA) is 95.1 Å². The number of nitrogens with one attached hydrogen (secondary N) is 2. The highest BCUT2D eigenvalue weighted by Crippen LogP contribution is 2.35. The molecule has 0 saturated heterocycles. The van der Waals surface area contributed by atoms with Gasteiger partial charge in [0.25, 0.3) is 0 Å². The van der Waals surface area contributed by atoms with Gasteiger partial charge < -0.3 is 29.6 Å². The van der Waals surface area contributed by atoms with Crippen molar-refractivity contribution in [3.05, 3.63) is 35.0 Å². The Balaban J connectivity index is 2.44. The highest BCUT2D eigenvalue weighted by molar-refractivity contribution is 5.95. The van der Waals surface area contributed by atoms with Gasteiger partial charge in [-0.2, -0.15) is 0 Å². The average Bonchev–Trinajstić information content (AvgIpc) is 2.60. The molecule has 0 spiro atoms. The monoisotopic (exact) mass is 350 g/mol. The first-order valence-electron chi connectivity index (χ1n) is 7.68. The van der Waals surface area contributed by atoms with E-state index in [0.717, 1.165) is 0 Å². The van der Waals surface area contributed by atoms with Gasteiger partial charge in [0.15, 0.2) is 0 Å². The molecule has 0 aliphatic carbocycles. The first-order valence-corrected chi connectivity index (χ1v) is 7.68. The van der Waals surface area contributed by atoms with Crippen LogP contribution < -0.4 is 20.1 Å². The van der Waals surface area contributed by atoms with Gasteiger partial charge in [-0.1, -0.05) is 0 Å². The predicted molar refractivity (Wildman–Crippen MR) is 89.5 cm³/mol. The summed E-state index contributed by atoms with van der Waals surface area (Å²) in [4.78, 5) is 24.5. The van der Waals surface area contributed by atoms with E-state index in [2.05, 4.69) is 10.6 Å². The van der Waals surface area contributed by atoms with Gasteiger partial charge in [-0.3, -0.25) is 0 Å². The lowest BCUT2D eigenvalue weighted by Crippen LogP contribution is -2.45. The largest absolute Gasteiger partial charge is 0.497 e. The zero-order valence-electron chi connectivity index (χ0n) is 14.7. The number of carbonyl (C=O) groups is 2. The van der Waals surface area contributed by atoms with Crippen molar-refractivity contribution in [3.63, 3.8) is 0 Å². The first-order chi connectivity index (χ1) is 12.0. The fourth-order valence-corrected chi connectivity index (χ4v) is 2.56. The smallest absolute Gasteiger partial charge is 0.338 e. The van der Waals surface area contributed by atoms with E-state index in [1.165, 1.54) is 21.3 Å². The number of benzene rings is 1. The van der Waals surface area contributed by atoms with Crippen LogP contribution in [0.3, 0.4) is 0 Å². The number of hydrogen-bond donors (Lipinski definition) is 2. The number of carbonyl (C=O) groups excluding carboxylic acids is 2. The van der Waals surface area contributed by atoms with Crippen LogP contribution in [0, 0.1) is 0 Å². The molecule has 2 rings (SSSR count). The summed E-state index contributed by atoms with van der Waals surface area (Å²) in [5.41, 5.74) is 1.30. The molecule has 2 amide bonds. The Hall–Kier alpha value is -2.74. The summed E-state index contributed by atoms with van der Waals surface area (Å²) in [7, 11) is 4.57. The van der Waals surface area contributed by atoms with Crippen LogP contribution in [0.25, 0.3) is 0 Å². The van der Waals surface area contributed by atoms with Gasteiger partial charge in [0.05, 0.1) is 32.4 Å². The number of hydrogen-bond acceptors (Lipinski definition) is 6. The van der Waals surface area contributed by atoms with Gasteiger partial charge in [0.2, 0.25) is 0 Å². The van der Waals surface area contributed by atoms with Crippen LogP contribution >= 0.6 is 0 Å². The molecule has 1 atom stereocenters. The molecule has 0 saturated carbocycles. The second-order valence-corrected chi connectivity index (χ2v) is 5.31. The molecule has 2 N–H and O–H groups in total. The van der Waals surface area contributed by atoms with Crippen molar-refractivity contribution >= 4 is 12.0 Å². The Morgan fingerprint density at radius 3 is 2.56 bits per heavy atom. The molecule has 1 aromatic rings. The third-order valence-corrected chi connectivity index (χ3v) is 3.76. The predicted octanol–water partition coefficient (Wildman–Crippen LogP) is 1.52. The molecule has 0 aromatic heterocycles. The highest BCUT2D eigenvalue weighted by atomic mass is 16.6. The molecule has 136 valence electrons. The molecule has 1 aliphatic rings. The molecule has 1 aromatic carbocycles. The van der Waals surface area contributed by atoms with Crippen molar-refractivity contribution in [2.24, 2.45) is 0 Å². The summed E-state index contributed by atoms with van der Waals surface area (Å²) in [6.45, 7) is 2.04. The summed E-state index contributed by atoms with van der Waals surface area (Å²) >= 11 is 0. The molecule has 8 heteroatoms. The first kappa shape index (κ1) is 18.6. The van der Waals surface area contributed by atoms with E-state index in [1.807, 2.05) is 0 Å². The summed E-state index contributed by atoms with van der Waals surface area (Å²) in [6.07, 6.45) is 0. The lowest BCUT2D eigenvalue weighted by Gasteiger charge is -2.29. The maximum atomic E-state index is 12.5. The standard InChI is InChI=1S/C17H22N2O6/c1-10-14(16(20)25-8-7-22-2)15(19-17(21)18-10)12-9-11(23-3)5-6-13(12)24-4/h5-6,9,15H,7-8H2,1-4H3,(H2,18,19,21). The summed E-state index contributed by atoms with van der Waals surface area (Å²) < 4.78 is 20.7. The van der Waals surface area contributed by atoms with E-state index in [9.17, 15) is 9.59 Å². The van der Waals surface area contributed by atoms with Crippen LogP contribution in [-0.2, 0) is 14.3 Å². The van der Waals surface area contributed by atoms with E-state index in [4.69, 9.17) is 18.9 Å². The Kier molecular flexibility index (Phi) is 6.24. The van der Waals surface area contributed by atoms with Gasteiger partial charge in [-0.15, -0.1) is 0 Å². The van der Waals surface area contributed by atoms with Crippen molar-refractivity contribution in [3.8, 4) is 11.5 Å². The van der Waals surface area contributed by atoms with Crippen LogP contribution in [0.5, 0.6) is 11.5 Å². The quantitative estimate of drug-likeness (QED) is 0.572. The summed E-state index contributed by atoms with van der Waals surface area (Å²) in [5, 5.41) is 5.33. The van der Waals surface area contributed by atoms with Gasteiger partial charge in [-0.05, 0) is 25.1 Å². The number of ether oxygens (including phenoxy) is 4. The van der Waals surface area contributed by atoms with Crippen LogP contribution in [0.1, 0.15) is 18.5 Å². The van der Waals surface area contributed by atoms with E-state index >= 15 is 0 Å². The number of amides is 2. The van der Waals surface area contributed by atoms with Gasteiger partial charge in [-0.25, -0.2) is 9.59 Å². The second kappa shape index (κ2) is 8.39. The molecular weight excluding hydrogens is 328 g/mol. The third kappa shape index (κ3) is 4.21. The zero-order chi connectivity index (χ0) is 18.4. The zero-order valence-corrected chi connectivity index (χ0v) is 14.7. The molecule has 0 radical (unpaired) electrons. The fraction of sp³-hybridized carbons (Fsp3) is 0.412. The van der Waals surface area contributed by atoms with Crippen molar-refractivity contribution in [1.29, 1.82) is 0 Å². The molecule has 1 heterocycles. The summed E-state index contributed by atoms with van der Waals surface area (Å²) in [5.74, 6) is 0.549. The van der Waals surface area contributed by atoms with Gasteiger partial charge in [0, 0.05) is 18.4 Å². The Morgan fingerprint density at radius 1 is 1.16 bits per heavy atom. The van der Waals surface area contributed by atoms with Gasteiger partial charge >= 0.3 is 12.0 Å². The van der Waals surface area contributed by atoms with Crippen molar-refractivity contribution < 1.29 is 28.5 Å². The minimum atomic E-state index is -0.728. The van der Waals surface area contributed by atoms with E-state index < -0.39 is 18.0 Å². The van der Waals surface area contributed by atoms with E-state index in [-0.39, 0.29) is 13.2 Å². The minimum absolute atomic E-state index is 0.113. The molecule has 0 fully saturated rings. The van der Waals surface area contributed by atoms with Crippen molar-refractivity contribution in [2.75, 3.05) is 34.5 Å². The van der Waals surface area contributed by atoms with Crippen molar-refractivity contribution in [2.45, 2.75) is 13.0 Å². The Morgan fingerprint density at radius 2 is 1.92 bits per heavy atom. The maximum Gasteiger partial charge on any atom is 0.338 e. The summed E-state index contributed by atoms with van der Waals surface area (Å²) in [6, 6.07) is 4.02. The number of allylic oxidation sites excluding steroid dienone is 1. The maximum absolute atomic E-state index is 12.5. The van der Waals surface area contributed by atoms with Gasteiger partial charge in [0.1, 0.15) is 18.1 Å². The normalized spacial score (nSPS) is 16.8. The lowest BCUT2D eigenvalue weighted by atomic mass is 9.94. The van der Waals surface area contributed by atoms with E-state index in [1.54, 1.807) is 25.1 Å². The molecule has 8 nitrogen and oxygen atoms in total. The molecular formula is C17H22N2O6. The van der Waals surface area contributed by atoms with Crippen LogP contribution in [0.4, 0.5) is 4.79 Å². The Bertz CT molecular complexity index is 686. The Labute approximate surface area is 146 Å². The minimum Gasteiger partial charge on any atom is -0.497 e. The molecule has 0 bridgehead atoms. The van der Waals surface area contributed by atoms with Crippen LogP contribution in [0.15, 0.2) is 29.5 Å². The third-order valence-electron chi connectivity index (χ3n) is 3.76. The van der Waals surface area contributed by atoms with E-state index in [0.29, 0.717) is 28.3 Å². The number of urea groups is 1. The number of methoxy groups -OCH3 is 3. The average molecular weight is 350 g/mol. The highest BCUT2D eigenvalue weighted by Gasteiger charge is 2.34. The number of rotatable bonds is 7. The van der Waals surface area contributed by atoms with Crippen LogP contribution in [-0.4, -0.2) is 46.5 Å². The lowest BCUT2D eigenvalue weighted by molar-refractivity contribution is -0.140. The number of esters is 1. The molecule has 25 heavy (non-hydrogen) atoms. The molecule has 1 aliphatic heterocycles. The fourth-order valence-electron chi connectivity index (χ4n) is 2.56.